The number of benzene rings is 1. The first-order valence-electron chi connectivity index (χ1n) is 5.00. The Labute approximate surface area is 103 Å². The molecule has 92 valence electrons. The van der Waals surface area contributed by atoms with Crippen LogP contribution in [0.3, 0.4) is 0 Å². The zero-order chi connectivity index (χ0) is 13.2. The smallest absolute Gasteiger partial charge is 0.258 e. The van der Waals surface area contributed by atoms with Crippen molar-refractivity contribution in [3.8, 4) is 0 Å². The van der Waals surface area contributed by atoms with Crippen LogP contribution in [0.2, 0.25) is 5.02 Å². The van der Waals surface area contributed by atoms with Crippen molar-refractivity contribution in [3.63, 3.8) is 0 Å². The van der Waals surface area contributed by atoms with Gasteiger partial charge in [-0.1, -0.05) is 25.4 Å². The van der Waals surface area contributed by atoms with Crippen LogP contribution in [-0.2, 0) is 0 Å². The number of nitrogens with zero attached hydrogens (tertiary/aromatic N) is 2. The van der Waals surface area contributed by atoms with E-state index in [0.717, 1.165) is 6.07 Å². The lowest BCUT2D eigenvalue weighted by molar-refractivity contribution is -0.394. The van der Waals surface area contributed by atoms with E-state index in [1.807, 2.05) is 13.8 Å². The fourth-order valence-corrected chi connectivity index (χ4v) is 1.80. The van der Waals surface area contributed by atoms with Crippen LogP contribution in [0.5, 0.6) is 0 Å². The standard InChI is InChI=1S/C10H11ClN2O4/c1-3-6(2)8-4-7(12(14)15)5-9(10(8)11)13(16)17/h4-6H,3H2,1-2H3. The zero-order valence-corrected chi connectivity index (χ0v) is 10.1. The predicted molar refractivity (Wildman–Crippen MR) is 63.5 cm³/mol. The molecule has 0 bridgehead atoms. The summed E-state index contributed by atoms with van der Waals surface area (Å²) in [6.07, 6.45) is 0.693. The molecule has 0 amide bonds. The highest BCUT2D eigenvalue weighted by atomic mass is 35.5. The van der Waals surface area contributed by atoms with E-state index >= 15 is 0 Å². The van der Waals surface area contributed by atoms with Crippen molar-refractivity contribution in [1.29, 1.82) is 0 Å². The summed E-state index contributed by atoms with van der Waals surface area (Å²) in [6.45, 7) is 3.69. The molecule has 0 N–H and O–H groups in total. The lowest BCUT2D eigenvalue weighted by atomic mass is 9.97. The van der Waals surface area contributed by atoms with Crippen molar-refractivity contribution in [2.75, 3.05) is 0 Å². The van der Waals surface area contributed by atoms with Crippen LogP contribution in [0.4, 0.5) is 11.4 Å². The maximum Gasteiger partial charge on any atom is 0.295 e. The summed E-state index contributed by atoms with van der Waals surface area (Å²) >= 11 is 5.89. The van der Waals surface area contributed by atoms with E-state index in [1.165, 1.54) is 6.07 Å². The zero-order valence-electron chi connectivity index (χ0n) is 9.34. The summed E-state index contributed by atoms with van der Waals surface area (Å²) in [5.41, 5.74) is -0.289. The van der Waals surface area contributed by atoms with E-state index < -0.39 is 15.5 Å². The largest absolute Gasteiger partial charge is 0.295 e. The molecule has 1 unspecified atom stereocenters. The van der Waals surface area contributed by atoms with Crippen molar-refractivity contribution in [3.05, 3.63) is 42.9 Å². The molecular formula is C10H11ClN2O4. The van der Waals surface area contributed by atoms with Gasteiger partial charge in [-0.2, -0.15) is 0 Å². The number of halogens is 1. The van der Waals surface area contributed by atoms with Crippen LogP contribution in [0.15, 0.2) is 12.1 Å². The molecule has 0 heterocycles. The topological polar surface area (TPSA) is 86.3 Å². The number of hydrogen-bond donors (Lipinski definition) is 0. The summed E-state index contributed by atoms with van der Waals surface area (Å²) in [4.78, 5) is 20.1. The molecule has 7 heteroatoms. The van der Waals surface area contributed by atoms with E-state index in [0.29, 0.717) is 12.0 Å². The molecule has 1 aromatic carbocycles. The van der Waals surface area contributed by atoms with Gasteiger partial charge in [0.1, 0.15) is 5.02 Å². The predicted octanol–water partition coefficient (Wildman–Crippen LogP) is 3.67. The molecule has 1 atom stereocenters. The maximum atomic E-state index is 10.8. The first-order valence-corrected chi connectivity index (χ1v) is 5.38. The minimum Gasteiger partial charge on any atom is -0.258 e. The number of hydrogen-bond acceptors (Lipinski definition) is 4. The average molecular weight is 259 g/mol. The van der Waals surface area contributed by atoms with Crippen LogP contribution in [0, 0.1) is 20.2 Å². The first-order chi connectivity index (χ1) is 7.88. The molecule has 0 aromatic heterocycles. The molecule has 0 saturated carbocycles. The molecule has 0 aliphatic rings. The molecule has 0 saturated heterocycles. The Kier molecular flexibility index (Phi) is 4.01. The number of nitro groups is 2. The SMILES string of the molecule is CCC(C)c1cc([N+](=O)[O-])cc([N+](=O)[O-])c1Cl. The Morgan fingerprint density at radius 2 is 1.88 bits per heavy atom. The minimum absolute atomic E-state index is 0.0186. The molecule has 0 aliphatic carbocycles. The van der Waals surface area contributed by atoms with Gasteiger partial charge in [0.05, 0.1) is 15.9 Å². The Morgan fingerprint density at radius 3 is 2.29 bits per heavy atom. The molecule has 17 heavy (non-hydrogen) atoms. The lowest BCUT2D eigenvalue weighted by Crippen LogP contribution is -2.00. The highest BCUT2D eigenvalue weighted by Gasteiger charge is 2.24. The molecule has 1 aromatic rings. The molecule has 6 nitrogen and oxygen atoms in total. The summed E-state index contributed by atoms with van der Waals surface area (Å²) in [5, 5.41) is 21.4. The molecule has 0 aliphatic heterocycles. The third-order valence-electron chi connectivity index (χ3n) is 2.62. The van der Waals surface area contributed by atoms with Gasteiger partial charge in [0.15, 0.2) is 0 Å². The van der Waals surface area contributed by atoms with Crippen LogP contribution >= 0.6 is 11.6 Å². The monoisotopic (exact) mass is 258 g/mol. The van der Waals surface area contributed by atoms with Crippen molar-refractivity contribution in [1.82, 2.24) is 0 Å². The minimum atomic E-state index is -0.707. The maximum absolute atomic E-state index is 10.8. The van der Waals surface area contributed by atoms with Crippen molar-refractivity contribution in [2.24, 2.45) is 0 Å². The van der Waals surface area contributed by atoms with Crippen LogP contribution in [0.1, 0.15) is 31.7 Å². The van der Waals surface area contributed by atoms with Crippen LogP contribution < -0.4 is 0 Å². The van der Waals surface area contributed by atoms with Crippen molar-refractivity contribution in [2.45, 2.75) is 26.2 Å². The normalized spacial score (nSPS) is 12.2. The Bertz CT molecular complexity index is 476. The molecule has 0 spiro atoms. The van der Waals surface area contributed by atoms with E-state index in [-0.39, 0.29) is 16.6 Å². The second-order valence-electron chi connectivity index (χ2n) is 3.69. The third kappa shape index (κ3) is 2.71. The second-order valence-corrected chi connectivity index (χ2v) is 4.07. The van der Waals surface area contributed by atoms with Gasteiger partial charge < -0.3 is 0 Å². The fraction of sp³-hybridized carbons (Fsp3) is 0.400. The third-order valence-corrected chi connectivity index (χ3v) is 3.03. The van der Waals surface area contributed by atoms with Gasteiger partial charge >= 0.3 is 0 Å². The molecule has 0 fully saturated rings. The number of rotatable bonds is 4. The number of non-ortho nitro benzene ring substituents is 1. The van der Waals surface area contributed by atoms with Gasteiger partial charge in [0.2, 0.25) is 0 Å². The van der Waals surface area contributed by atoms with Crippen LogP contribution in [0.25, 0.3) is 0 Å². The quantitative estimate of drug-likeness (QED) is 0.609. The highest BCUT2D eigenvalue weighted by Crippen LogP contribution is 2.37. The van der Waals surface area contributed by atoms with E-state index in [2.05, 4.69) is 0 Å². The Hall–Kier alpha value is -1.69. The van der Waals surface area contributed by atoms with Gasteiger partial charge in [-0.15, -0.1) is 0 Å². The lowest BCUT2D eigenvalue weighted by Gasteiger charge is -2.10. The summed E-state index contributed by atoms with van der Waals surface area (Å²) in [6, 6.07) is 2.18. The fourth-order valence-electron chi connectivity index (χ4n) is 1.43. The summed E-state index contributed by atoms with van der Waals surface area (Å²) < 4.78 is 0. The number of nitro benzene ring substituents is 2. The van der Waals surface area contributed by atoms with E-state index in [9.17, 15) is 20.2 Å². The highest BCUT2D eigenvalue weighted by molar-refractivity contribution is 6.33. The van der Waals surface area contributed by atoms with Gasteiger partial charge in [-0.25, -0.2) is 0 Å². The summed E-state index contributed by atoms with van der Waals surface area (Å²) in [5.74, 6) is -0.0684. The van der Waals surface area contributed by atoms with E-state index in [4.69, 9.17) is 11.6 Å². The molecule has 0 radical (unpaired) electrons. The Morgan fingerprint density at radius 1 is 1.29 bits per heavy atom. The summed E-state index contributed by atoms with van der Waals surface area (Å²) in [7, 11) is 0. The first kappa shape index (κ1) is 13.4. The molecular weight excluding hydrogens is 248 g/mol. The van der Waals surface area contributed by atoms with E-state index in [1.54, 1.807) is 0 Å². The van der Waals surface area contributed by atoms with Gasteiger partial charge in [0.25, 0.3) is 11.4 Å². The Balaban J connectivity index is 3.48. The van der Waals surface area contributed by atoms with Gasteiger partial charge in [0, 0.05) is 6.07 Å². The van der Waals surface area contributed by atoms with Crippen molar-refractivity contribution >= 4 is 23.0 Å². The molecule has 1 rings (SSSR count). The van der Waals surface area contributed by atoms with Crippen LogP contribution in [-0.4, -0.2) is 9.85 Å². The average Bonchev–Trinajstić information content (AvgIpc) is 2.27. The van der Waals surface area contributed by atoms with Gasteiger partial charge in [-0.05, 0) is 17.9 Å². The van der Waals surface area contributed by atoms with Crippen molar-refractivity contribution < 1.29 is 9.85 Å². The van der Waals surface area contributed by atoms with Gasteiger partial charge in [-0.3, -0.25) is 20.2 Å². The second kappa shape index (κ2) is 5.09.